The van der Waals surface area contributed by atoms with E-state index in [4.69, 9.17) is 28.4 Å². The first-order valence-electron chi connectivity index (χ1n) is 9.75. The molecule has 0 aliphatic carbocycles. The molecule has 154 valence electrons. The molecule has 0 fully saturated rings. The van der Waals surface area contributed by atoms with Gasteiger partial charge < -0.3 is 28.4 Å². The Hall–Kier alpha value is -1.34. The Bertz CT molecular complexity index is 526. The predicted molar refractivity (Wildman–Crippen MR) is 104 cm³/mol. The summed E-state index contributed by atoms with van der Waals surface area (Å²) in [6.45, 7) is 11.9. The van der Waals surface area contributed by atoms with Crippen molar-refractivity contribution in [1.82, 2.24) is 0 Å². The number of para-hydroxylation sites is 1. The van der Waals surface area contributed by atoms with Gasteiger partial charge in [0.25, 0.3) is 0 Å². The van der Waals surface area contributed by atoms with Crippen LogP contribution in [0.3, 0.4) is 0 Å². The first-order chi connectivity index (χ1) is 13.1. The Kier molecular flexibility index (Phi) is 9.91. The molecule has 0 spiro atoms. The molecular formula is C21H34O6. The van der Waals surface area contributed by atoms with Crippen molar-refractivity contribution >= 4 is 0 Å². The Morgan fingerprint density at radius 1 is 0.667 bits per heavy atom. The molecule has 0 atom stereocenters. The van der Waals surface area contributed by atoms with Gasteiger partial charge in [0, 0.05) is 0 Å². The molecule has 0 saturated carbocycles. The van der Waals surface area contributed by atoms with E-state index in [9.17, 15) is 0 Å². The Morgan fingerprint density at radius 2 is 1.15 bits per heavy atom. The predicted octanol–water partition coefficient (Wildman–Crippen LogP) is 3.11. The molecule has 1 aliphatic rings. The zero-order chi connectivity index (χ0) is 19.4. The molecule has 0 amide bonds. The summed E-state index contributed by atoms with van der Waals surface area (Å²) in [6.07, 6.45) is 0.905. The molecule has 6 nitrogen and oxygen atoms in total. The first-order valence-corrected chi connectivity index (χ1v) is 9.75. The highest BCUT2D eigenvalue weighted by atomic mass is 16.6. The molecule has 0 unspecified atom stereocenters. The van der Waals surface area contributed by atoms with Crippen LogP contribution in [0.2, 0.25) is 0 Å². The van der Waals surface area contributed by atoms with E-state index in [-0.39, 0.29) is 5.41 Å². The molecule has 1 aromatic rings. The van der Waals surface area contributed by atoms with Crippen LogP contribution in [0, 0.1) is 5.41 Å². The molecule has 2 rings (SSSR count). The topological polar surface area (TPSA) is 55.4 Å². The van der Waals surface area contributed by atoms with Gasteiger partial charge in [-0.25, -0.2) is 0 Å². The van der Waals surface area contributed by atoms with E-state index >= 15 is 0 Å². The lowest BCUT2D eigenvalue weighted by molar-refractivity contribution is -0.00847. The molecule has 0 aromatic heterocycles. The molecule has 1 aromatic carbocycles. The van der Waals surface area contributed by atoms with Crippen LogP contribution in [0.4, 0.5) is 0 Å². The fourth-order valence-electron chi connectivity index (χ4n) is 2.72. The minimum absolute atomic E-state index is 0.154. The smallest absolute Gasteiger partial charge is 0.164 e. The highest BCUT2D eigenvalue weighted by Crippen LogP contribution is 2.35. The van der Waals surface area contributed by atoms with Crippen LogP contribution in [-0.4, -0.2) is 66.1 Å². The minimum atomic E-state index is 0.154. The molecule has 1 heterocycles. The van der Waals surface area contributed by atoms with E-state index in [1.807, 2.05) is 12.1 Å². The van der Waals surface area contributed by atoms with Gasteiger partial charge in [-0.15, -0.1) is 0 Å². The highest BCUT2D eigenvalue weighted by molar-refractivity contribution is 5.47. The number of fused-ring (bicyclic) bond motifs is 1. The van der Waals surface area contributed by atoms with Crippen molar-refractivity contribution in [3.05, 3.63) is 23.8 Å². The van der Waals surface area contributed by atoms with E-state index < -0.39 is 0 Å². The maximum absolute atomic E-state index is 6.06. The van der Waals surface area contributed by atoms with Crippen LogP contribution >= 0.6 is 0 Å². The van der Waals surface area contributed by atoms with Crippen molar-refractivity contribution in [1.29, 1.82) is 0 Å². The van der Waals surface area contributed by atoms with Crippen molar-refractivity contribution < 1.29 is 28.4 Å². The van der Waals surface area contributed by atoms with Gasteiger partial charge in [-0.05, 0) is 23.5 Å². The largest absolute Gasteiger partial charge is 0.487 e. The lowest BCUT2D eigenvalue weighted by Gasteiger charge is -2.22. The summed E-state index contributed by atoms with van der Waals surface area (Å²) in [5, 5.41) is 0. The highest BCUT2D eigenvalue weighted by Gasteiger charge is 2.18. The second kappa shape index (κ2) is 12.2. The molecule has 1 aliphatic heterocycles. The zero-order valence-electron chi connectivity index (χ0n) is 17.0. The summed E-state index contributed by atoms with van der Waals surface area (Å²) in [4.78, 5) is 0. The maximum Gasteiger partial charge on any atom is 0.164 e. The summed E-state index contributed by atoms with van der Waals surface area (Å²) in [6, 6.07) is 6.05. The number of hydrogen-bond acceptors (Lipinski definition) is 6. The summed E-state index contributed by atoms with van der Waals surface area (Å²) in [5.74, 6) is 1.55. The van der Waals surface area contributed by atoms with Crippen molar-refractivity contribution in [2.24, 2.45) is 5.41 Å². The molecule has 0 radical (unpaired) electrons. The lowest BCUT2D eigenvalue weighted by Crippen LogP contribution is -2.17. The third-order valence-corrected chi connectivity index (χ3v) is 3.86. The van der Waals surface area contributed by atoms with Gasteiger partial charge in [0.15, 0.2) is 11.5 Å². The van der Waals surface area contributed by atoms with E-state index in [1.165, 1.54) is 0 Å². The summed E-state index contributed by atoms with van der Waals surface area (Å²) in [5.41, 5.74) is 1.30. The second-order valence-corrected chi connectivity index (χ2v) is 7.63. The van der Waals surface area contributed by atoms with Gasteiger partial charge in [-0.1, -0.05) is 32.9 Å². The molecule has 0 N–H and O–H groups in total. The number of hydrogen-bond donors (Lipinski definition) is 0. The fourth-order valence-corrected chi connectivity index (χ4v) is 2.72. The van der Waals surface area contributed by atoms with Gasteiger partial charge >= 0.3 is 0 Å². The molecular weight excluding hydrogens is 348 g/mol. The van der Waals surface area contributed by atoms with Gasteiger partial charge in [0.1, 0.15) is 13.2 Å². The lowest BCUT2D eigenvalue weighted by atomic mass is 9.87. The van der Waals surface area contributed by atoms with E-state index in [0.29, 0.717) is 66.1 Å². The van der Waals surface area contributed by atoms with E-state index in [0.717, 1.165) is 23.5 Å². The third-order valence-electron chi connectivity index (χ3n) is 3.86. The average molecular weight is 382 g/mol. The number of ether oxygens (including phenoxy) is 6. The molecule has 27 heavy (non-hydrogen) atoms. The van der Waals surface area contributed by atoms with E-state index in [1.54, 1.807) is 0 Å². The Morgan fingerprint density at radius 3 is 1.67 bits per heavy atom. The van der Waals surface area contributed by atoms with E-state index in [2.05, 4.69) is 26.8 Å². The SMILES string of the molecule is CC(C)(C)Cc1cccc2c1OCCOCCOCCOCCOCCO2. The van der Waals surface area contributed by atoms with Crippen molar-refractivity contribution in [3.8, 4) is 11.5 Å². The van der Waals surface area contributed by atoms with Crippen LogP contribution in [0.1, 0.15) is 26.3 Å². The van der Waals surface area contributed by atoms with Crippen LogP contribution in [0.5, 0.6) is 11.5 Å². The number of benzene rings is 1. The summed E-state index contributed by atoms with van der Waals surface area (Å²) >= 11 is 0. The fraction of sp³-hybridized carbons (Fsp3) is 0.714. The zero-order valence-corrected chi connectivity index (χ0v) is 17.0. The van der Waals surface area contributed by atoms with Crippen LogP contribution in [0.15, 0.2) is 18.2 Å². The minimum Gasteiger partial charge on any atom is -0.487 e. The standard InChI is InChI=1S/C21H34O6/c1-21(2,3)17-18-5-4-6-19-20(18)27-16-14-25-12-10-23-8-7-22-9-11-24-13-15-26-19/h4-6H,7-17H2,1-3H3. The number of rotatable bonds is 1. The first kappa shape index (κ1) is 22.0. The monoisotopic (exact) mass is 382 g/mol. The summed E-state index contributed by atoms with van der Waals surface area (Å²) < 4.78 is 34.0. The molecule has 6 heteroatoms. The Balaban J connectivity index is 2.01. The van der Waals surface area contributed by atoms with Crippen molar-refractivity contribution in [2.45, 2.75) is 27.2 Å². The van der Waals surface area contributed by atoms with Gasteiger partial charge in [0.05, 0.1) is 52.9 Å². The van der Waals surface area contributed by atoms with Crippen molar-refractivity contribution in [2.75, 3.05) is 66.1 Å². The summed E-state index contributed by atoms with van der Waals surface area (Å²) in [7, 11) is 0. The van der Waals surface area contributed by atoms with Crippen LogP contribution < -0.4 is 9.47 Å². The molecule has 0 bridgehead atoms. The molecule has 0 saturated heterocycles. The van der Waals surface area contributed by atoms with Crippen molar-refractivity contribution in [3.63, 3.8) is 0 Å². The maximum atomic E-state index is 6.06. The average Bonchev–Trinajstić information content (AvgIpc) is 2.61. The van der Waals surface area contributed by atoms with Crippen LogP contribution in [0.25, 0.3) is 0 Å². The Labute approximate surface area is 163 Å². The third kappa shape index (κ3) is 9.42. The quantitative estimate of drug-likeness (QED) is 0.744. The van der Waals surface area contributed by atoms with Gasteiger partial charge in [0.2, 0.25) is 0 Å². The van der Waals surface area contributed by atoms with Crippen LogP contribution in [-0.2, 0) is 25.4 Å². The normalized spacial score (nSPS) is 19.1. The second-order valence-electron chi connectivity index (χ2n) is 7.63. The van der Waals surface area contributed by atoms with Gasteiger partial charge in [-0.3, -0.25) is 0 Å². The van der Waals surface area contributed by atoms with Gasteiger partial charge in [-0.2, -0.15) is 0 Å².